The van der Waals surface area contributed by atoms with E-state index in [-0.39, 0.29) is 6.17 Å². The Bertz CT molecular complexity index is 1050. The largest absolute Gasteiger partial charge is 0.455 e. The van der Waals surface area contributed by atoms with Gasteiger partial charge in [0.05, 0.1) is 5.56 Å². The molecule has 1 aromatic heterocycles. The van der Waals surface area contributed by atoms with Gasteiger partial charge in [-0.15, -0.1) is 0 Å². The van der Waals surface area contributed by atoms with Crippen LogP contribution in [0.15, 0.2) is 82.2 Å². The van der Waals surface area contributed by atoms with Crippen LogP contribution >= 0.6 is 0 Å². The molecule has 0 aliphatic heterocycles. The van der Waals surface area contributed by atoms with Crippen molar-refractivity contribution in [2.45, 2.75) is 6.17 Å². The predicted molar refractivity (Wildman–Crippen MR) is 103 cm³/mol. The minimum atomic E-state index is -0.208. The van der Waals surface area contributed by atoms with Gasteiger partial charge in [-0.25, -0.2) is 4.99 Å². The molecular weight excluding hydrogens is 310 g/mol. The minimum absolute atomic E-state index is 0.208. The summed E-state index contributed by atoms with van der Waals surface area (Å²) in [6.45, 7) is 0. The van der Waals surface area contributed by atoms with Crippen molar-refractivity contribution in [3.63, 3.8) is 0 Å². The van der Waals surface area contributed by atoms with E-state index in [1.54, 1.807) is 0 Å². The van der Waals surface area contributed by atoms with Gasteiger partial charge in [0.1, 0.15) is 23.2 Å². The standard InChI is InChI=1S/C21H19N3O/c1-23-21(14-8-3-2-4-9-14)24-20(22)17-12-7-11-16-15-10-5-6-13-18(15)25-19(16)17/h2-13,21,23H,1H3,(H2,22,24). The fourth-order valence-corrected chi connectivity index (χ4v) is 3.10. The predicted octanol–water partition coefficient (Wildman–Crippen LogP) is 4.21. The molecule has 1 atom stereocenters. The summed E-state index contributed by atoms with van der Waals surface area (Å²) in [6.07, 6.45) is -0.208. The molecule has 0 aliphatic rings. The minimum Gasteiger partial charge on any atom is -0.455 e. The van der Waals surface area contributed by atoms with E-state index in [0.29, 0.717) is 5.84 Å². The molecule has 3 N–H and O–H groups in total. The lowest BCUT2D eigenvalue weighted by Crippen LogP contribution is -2.21. The van der Waals surface area contributed by atoms with E-state index in [1.807, 2.05) is 73.8 Å². The molecule has 4 nitrogen and oxygen atoms in total. The highest BCUT2D eigenvalue weighted by molar-refractivity contribution is 6.14. The number of benzene rings is 3. The van der Waals surface area contributed by atoms with Gasteiger partial charge in [0.25, 0.3) is 0 Å². The zero-order chi connectivity index (χ0) is 17.2. The molecule has 25 heavy (non-hydrogen) atoms. The van der Waals surface area contributed by atoms with E-state index in [1.165, 1.54) is 0 Å². The SMILES string of the molecule is CNC(N=C(N)c1cccc2c1oc1ccccc12)c1ccccc1. The van der Waals surface area contributed by atoms with Gasteiger partial charge < -0.3 is 10.2 Å². The number of fused-ring (bicyclic) bond motifs is 3. The van der Waals surface area contributed by atoms with Gasteiger partial charge in [0.2, 0.25) is 0 Å². The first-order valence-corrected chi connectivity index (χ1v) is 8.24. The van der Waals surface area contributed by atoms with E-state index >= 15 is 0 Å². The van der Waals surface area contributed by atoms with E-state index in [2.05, 4.69) is 16.4 Å². The van der Waals surface area contributed by atoms with Gasteiger partial charge >= 0.3 is 0 Å². The van der Waals surface area contributed by atoms with Crippen LogP contribution in [-0.2, 0) is 0 Å². The maximum atomic E-state index is 6.35. The van der Waals surface area contributed by atoms with Crippen molar-refractivity contribution in [1.29, 1.82) is 0 Å². The third-order valence-corrected chi connectivity index (χ3v) is 4.34. The topological polar surface area (TPSA) is 63.5 Å². The number of nitrogens with two attached hydrogens (primary N) is 1. The average molecular weight is 329 g/mol. The summed E-state index contributed by atoms with van der Waals surface area (Å²) in [4.78, 5) is 4.68. The van der Waals surface area contributed by atoms with Crippen molar-refractivity contribution < 1.29 is 4.42 Å². The van der Waals surface area contributed by atoms with Crippen molar-refractivity contribution >= 4 is 27.8 Å². The molecule has 0 spiro atoms. The third kappa shape index (κ3) is 2.77. The molecule has 0 bridgehead atoms. The Morgan fingerprint density at radius 1 is 0.920 bits per heavy atom. The molecule has 0 radical (unpaired) electrons. The molecule has 1 heterocycles. The molecule has 0 saturated heterocycles. The first-order valence-electron chi connectivity index (χ1n) is 8.24. The number of aliphatic imine (C=N–C) groups is 1. The van der Waals surface area contributed by atoms with Gasteiger partial charge in [-0.05, 0) is 24.7 Å². The Labute approximate surface area is 146 Å². The number of para-hydroxylation sites is 2. The fourth-order valence-electron chi connectivity index (χ4n) is 3.10. The number of hydrogen-bond donors (Lipinski definition) is 2. The molecule has 4 rings (SSSR count). The maximum absolute atomic E-state index is 6.35. The highest BCUT2D eigenvalue weighted by Crippen LogP contribution is 2.30. The van der Waals surface area contributed by atoms with Crippen LogP contribution in [0.4, 0.5) is 0 Å². The number of hydrogen-bond acceptors (Lipinski definition) is 3. The van der Waals surface area contributed by atoms with Crippen LogP contribution < -0.4 is 11.1 Å². The van der Waals surface area contributed by atoms with Gasteiger partial charge in [0, 0.05) is 10.8 Å². The molecule has 1 unspecified atom stereocenters. The van der Waals surface area contributed by atoms with Gasteiger partial charge in [-0.1, -0.05) is 60.7 Å². The van der Waals surface area contributed by atoms with Gasteiger partial charge in [-0.2, -0.15) is 0 Å². The Kier molecular flexibility index (Phi) is 3.96. The van der Waals surface area contributed by atoms with E-state index < -0.39 is 0 Å². The maximum Gasteiger partial charge on any atom is 0.146 e. The van der Waals surface area contributed by atoms with Crippen LogP contribution in [0.2, 0.25) is 0 Å². The Morgan fingerprint density at radius 3 is 2.44 bits per heavy atom. The highest BCUT2D eigenvalue weighted by atomic mass is 16.3. The van der Waals surface area contributed by atoms with Crippen LogP contribution in [0.5, 0.6) is 0 Å². The number of rotatable bonds is 4. The molecule has 4 heteroatoms. The van der Waals surface area contributed by atoms with Crippen molar-refractivity contribution in [3.05, 3.63) is 83.9 Å². The van der Waals surface area contributed by atoms with Crippen LogP contribution in [0, 0.1) is 0 Å². The molecule has 0 fully saturated rings. The lowest BCUT2D eigenvalue weighted by Gasteiger charge is -2.13. The summed E-state index contributed by atoms with van der Waals surface area (Å²) in [5, 5.41) is 5.33. The highest BCUT2D eigenvalue weighted by Gasteiger charge is 2.14. The lowest BCUT2D eigenvalue weighted by molar-refractivity contribution is 0.624. The van der Waals surface area contributed by atoms with Crippen molar-refractivity contribution in [1.82, 2.24) is 5.32 Å². The van der Waals surface area contributed by atoms with E-state index in [0.717, 1.165) is 33.1 Å². The average Bonchev–Trinajstić information content (AvgIpc) is 3.05. The summed E-state index contributed by atoms with van der Waals surface area (Å²) in [5.41, 5.74) is 9.84. The van der Waals surface area contributed by atoms with Crippen LogP contribution in [0.25, 0.3) is 21.9 Å². The molecule has 0 aliphatic carbocycles. The van der Waals surface area contributed by atoms with Crippen molar-refractivity contribution in [3.8, 4) is 0 Å². The fraction of sp³-hybridized carbons (Fsp3) is 0.0952. The molecular formula is C21H19N3O. The Morgan fingerprint density at radius 2 is 1.64 bits per heavy atom. The summed E-state index contributed by atoms with van der Waals surface area (Å²) < 4.78 is 6.04. The van der Waals surface area contributed by atoms with Crippen molar-refractivity contribution in [2.75, 3.05) is 7.05 Å². The van der Waals surface area contributed by atoms with Crippen LogP contribution in [0.3, 0.4) is 0 Å². The second kappa shape index (κ2) is 6.42. The second-order valence-corrected chi connectivity index (χ2v) is 5.90. The molecule has 124 valence electrons. The normalized spacial score (nSPS) is 13.4. The summed E-state index contributed by atoms with van der Waals surface area (Å²) in [5.74, 6) is 0.452. The van der Waals surface area contributed by atoms with Crippen molar-refractivity contribution in [2.24, 2.45) is 10.7 Å². The Balaban J connectivity index is 1.83. The number of nitrogens with zero attached hydrogens (tertiary/aromatic N) is 1. The molecule has 0 saturated carbocycles. The first kappa shape index (κ1) is 15.4. The second-order valence-electron chi connectivity index (χ2n) is 5.90. The molecule has 3 aromatic carbocycles. The third-order valence-electron chi connectivity index (χ3n) is 4.34. The zero-order valence-electron chi connectivity index (χ0n) is 13.9. The quantitative estimate of drug-likeness (QED) is 0.435. The van der Waals surface area contributed by atoms with Gasteiger partial charge in [0.15, 0.2) is 0 Å². The van der Waals surface area contributed by atoms with E-state index in [4.69, 9.17) is 10.2 Å². The smallest absolute Gasteiger partial charge is 0.146 e. The zero-order valence-corrected chi connectivity index (χ0v) is 13.9. The monoisotopic (exact) mass is 329 g/mol. The van der Waals surface area contributed by atoms with E-state index in [9.17, 15) is 0 Å². The summed E-state index contributed by atoms with van der Waals surface area (Å²) in [6, 6.07) is 24.0. The number of amidine groups is 1. The summed E-state index contributed by atoms with van der Waals surface area (Å²) in [7, 11) is 1.87. The van der Waals surface area contributed by atoms with Crippen LogP contribution in [-0.4, -0.2) is 12.9 Å². The lowest BCUT2D eigenvalue weighted by atomic mass is 10.1. The molecule has 0 amide bonds. The van der Waals surface area contributed by atoms with Gasteiger partial charge in [-0.3, -0.25) is 5.32 Å². The Hall–Kier alpha value is -3.11. The molecule has 4 aromatic rings. The summed E-state index contributed by atoms with van der Waals surface area (Å²) >= 11 is 0. The van der Waals surface area contributed by atoms with Crippen LogP contribution in [0.1, 0.15) is 17.3 Å². The first-order chi connectivity index (χ1) is 12.3. The number of nitrogens with one attached hydrogen (secondary N) is 1. The number of furan rings is 1.